The van der Waals surface area contributed by atoms with Crippen LogP contribution in [0.4, 0.5) is 0 Å². The van der Waals surface area contributed by atoms with Crippen molar-refractivity contribution in [2.45, 2.75) is 32.2 Å². The molecule has 0 spiro atoms. The van der Waals surface area contributed by atoms with Crippen molar-refractivity contribution in [1.29, 1.82) is 0 Å². The quantitative estimate of drug-likeness (QED) is 0.540. The summed E-state index contributed by atoms with van der Waals surface area (Å²) in [6, 6.07) is 0. The molecule has 2 nitrogen and oxygen atoms in total. The Bertz CT molecular complexity index is 67.3. The van der Waals surface area contributed by atoms with Crippen molar-refractivity contribution in [1.82, 2.24) is 0 Å². The molecule has 0 fully saturated rings. The molecule has 1 atom stereocenters. The van der Waals surface area contributed by atoms with Crippen LogP contribution in [0.2, 0.25) is 13.1 Å². The third kappa shape index (κ3) is 2.45. The van der Waals surface area contributed by atoms with Gasteiger partial charge in [-0.2, -0.15) is 0 Å². The molecule has 1 unspecified atom stereocenters. The molecule has 0 heterocycles. The van der Waals surface area contributed by atoms with Crippen molar-refractivity contribution in [3.8, 4) is 0 Å². The Labute approximate surface area is 51.3 Å². The van der Waals surface area contributed by atoms with E-state index in [4.69, 9.17) is 5.11 Å². The lowest BCUT2D eigenvalue weighted by atomic mass is 10.5. The van der Waals surface area contributed by atoms with Gasteiger partial charge in [-0.3, -0.25) is 0 Å². The zero-order chi connectivity index (χ0) is 6.78. The van der Waals surface area contributed by atoms with Crippen molar-refractivity contribution >= 4 is 8.32 Å². The molecule has 0 saturated carbocycles. The van der Waals surface area contributed by atoms with Gasteiger partial charge in [0.1, 0.15) is 0 Å². The van der Waals surface area contributed by atoms with Crippen LogP contribution in [0.25, 0.3) is 0 Å². The molecular formula is C5H14O2Si. The van der Waals surface area contributed by atoms with Crippen LogP contribution < -0.4 is 0 Å². The molecular weight excluding hydrogens is 120 g/mol. The molecule has 0 aliphatic heterocycles. The first-order valence-electron chi connectivity index (χ1n) is 2.89. The summed E-state index contributed by atoms with van der Waals surface area (Å²) in [5, 5.41) is 9.01. The molecule has 2 N–H and O–H groups in total. The Kier molecular flexibility index (Phi) is 2.66. The third-order valence-corrected chi connectivity index (χ3v) is 3.24. The number of rotatable bonds is 2. The Hall–Kier alpha value is 0.137. The minimum absolute atomic E-state index is 0.456. The van der Waals surface area contributed by atoms with Gasteiger partial charge in [0.2, 0.25) is 8.32 Å². The standard InChI is InChI=1S/C5H14O2Si/c1-4-5(6)8(2,3)7/h5-7H,4H2,1-3H3. The molecule has 3 heteroatoms. The van der Waals surface area contributed by atoms with E-state index < -0.39 is 14.0 Å². The molecule has 0 aromatic carbocycles. The van der Waals surface area contributed by atoms with Gasteiger partial charge in [0.25, 0.3) is 0 Å². The van der Waals surface area contributed by atoms with Gasteiger partial charge in [-0.15, -0.1) is 0 Å². The van der Waals surface area contributed by atoms with E-state index in [1.54, 1.807) is 13.1 Å². The largest absolute Gasteiger partial charge is 0.430 e. The van der Waals surface area contributed by atoms with E-state index in [1.807, 2.05) is 6.92 Å². The van der Waals surface area contributed by atoms with E-state index in [2.05, 4.69) is 0 Å². The van der Waals surface area contributed by atoms with E-state index in [1.165, 1.54) is 0 Å². The zero-order valence-electron chi connectivity index (χ0n) is 5.68. The highest BCUT2D eigenvalue weighted by molar-refractivity contribution is 6.71. The molecule has 0 saturated heterocycles. The highest BCUT2D eigenvalue weighted by Crippen LogP contribution is 2.05. The monoisotopic (exact) mass is 134 g/mol. The second-order valence-corrected chi connectivity index (χ2v) is 6.55. The van der Waals surface area contributed by atoms with Crippen LogP contribution in [-0.4, -0.2) is 23.9 Å². The third-order valence-electron chi connectivity index (χ3n) is 1.20. The van der Waals surface area contributed by atoms with Crippen molar-refractivity contribution in [3.05, 3.63) is 0 Å². The smallest absolute Gasteiger partial charge is 0.210 e. The van der Waals surface area contributed by atoms with Crippen molar-refractivity contribution < 1.29 is 9.90 Å². The van der Waals surface area contributed by atoms with Crippen LogP contribution in [0.3, 0.4) is 0 Å². The highest BCUT2D eigenvalue weighted by Gasteiger charge is 2.25. The maximum atomic E-state index is 9.18. The Morgan fingerprint density at radius 3 is 1.88 bits per heavy atom. The van der Waals surface area contributed by atoms with Gasteiger partial charge < -0.3 is 9.90 Å². The summed E-state index contributed by atoms with van der Waals surface area (Å²) in [6.45, 7) is 5.35. The normalized spacial score (nSPS) is 16.1. The fraction of sp³-hybridized carbons (Fsp3) is 1.00. The minimum Gasteiger partial charge on any atom is -0.430 e. The van der Waals surface area contributed by atoms with Crippen LogP contribution in [0, 0.1) is 0 Å². The first kappa shape index (κ1) is 8.14. The van der Waals surface area contributed by atoms with Crippen LogP contribution in [-0.2, 0) is 0 Å². The van der Waals surface area contributed by atoms with Gasteiger partial charge in [0.05, 0.1) is 5.73 Å². The number of hydrogen-bond donors (Lipinski definition) is 2. The van der Waals surface area contributed by atoms with Crippen LogP contribution in [0.15, 0.2) is 0 Å². The molecule has 50 valence electrons. The van der Waals surface area contributed by atoms with Gasteiger partial charge in [-0.1, -0.05) is 6.92 Å². The molecule has 0 rings (SSSR count). The summed E-state index contributed by atoms with van der Waals surface area (Å²) in [4.78, 5) is 9.18. The van der Waals surface area contributed by atoms with Crippen LogP contribution in [0.1, 0.15) is 13.3 Å². The summed E-state index contributed by atoms with van der Waals surface area (Å²) < 4.78 is 0. The van der Waals surface area contributed by atoms with Gasteiger partial charge in [0.15, 0.2) is 0 Å². The van der Waals surface area contributed by atoms with Gasteiger partial charge in [0, 0.05) is 0 Å². The maximum Gasteiger partial charge on any atom is 0.210 e. The molecule has 0 aromatic rings. The minimum atomic E-state index is -2.21. The predicted octanol–water partition coefficient (Wildman–Crippen LogP) is 0.494. The molecule has 0 bridgehead atoms. The average Bonchev–Trinajstić information content (AvgIpc) is 1.62. The van der Waals surface area contributed by atoms with E-state index in [0.29, 0.717) is 6.42 Å². The van der Waals surface area contributed by atoms with Gasteiger partial charge in [-0.05, 0) is 19.5 Å². The topological polar surface area (TPSA) is 40.5 Å². The average molecular weight is 134 g/mol. The first-order valence-corrected chi connectivity index (χ1v) is 5.91. The molecule has 0 aromatic heterocycles. The van der Waals surface area contributed by atoms with Crippen molar-refractivity contribution in [3.63, 3.8) is 0 Å². The van der Waals surface area contributed by atoms with Crippen LogP contribution in [0.5, 0.6) is 0 Å². The molecule has 0 radical (unpaired) electrons. The SMILES string of the molecule is CCC(O)[Si](C)(C)O. The lowest BCUT2D eigenvalue weighted by molar-refractivity contribution is 0.217. The molecule has 0 aliphatic rings. The Balaban J connectivity index is 3.62. The second-order valence-electron chi connectivity index (χ2n) is 2.58. The lowest BCUT2D eigenvalue weighted by Gasteiger charge is -2.19. The van der Waals surface area contributed by atoms with Gasteiger partial charge >= 0.3 is 0 Å². The number of aliphatic hydroxyl groups is 1. The molecule has 0 amide bonds. The van der Waals surface area contributed by atoms with Crippen molar-refractivity contribution in [2.75, 3.05) is 0 Å². The van der Waals surface area contributed by atoms with E-state index >= 15 is 0 Å². The molecule has 8 heavy (non-hydrogen) atoms. The summed E-state index contributed by atoms with van der Waals surface area (Å²) in [6.07, 6.45) is 0.662. The zero-order valence-corrected chi connectivity index (χ0v) is 6.68. The van der Waals surface area contributed by atoms with E-state index in [0.717, 1.165) is 0 Å². The maximum absolute atomic E-state index is 9.18. The summed E-state index contributed by atoms with van der Waals surface area (Å²) in [5.41, 5.74) is -0.456. The summed E-state index contributed by atoms with van der Waals surface area (Å²) in [7, 11) is -2.21. The predicted molar refractivity (Wildman–Crippen MR) is 36.0 cm³/mol. The number of aliphatic hydroxyl groups excluding tert-OH is 1. The highest BCUT2D eigenvalue weighted by atomic mass is 28.4. The Morgan fingerprint density at radius 2 is 1.88 bits per heavy atom. The number of hydrogen-bond acceptors (Lipinski definition) is 2. The second kappa shape index (κ2) is 2.62. The van der Waals surface area contributed by atoms with E-state index in [-0.39, 0.29) is 0 Å². The fourth-order valence-electron chi connectivity index (χ4n) is 0.500. The molecule has 0 aliphatic carbocycles. The summed E-state index contributed by atoms with van der Waals surface area (Å²) >= 11 is 0. The van der Waals surface area contributed by atoms with Crippen molar-refractivity contribution in [2.24, 2.45) is 0 Å². The summed E-state index contributed by atoms with van der Waals surface area (Å²) in [5.74, 6) is 0. The fourth-order valence-corrected chi connectivity index (χ4v) is 1.50. The van der Waals surface area contributed by atoms with E-state index in [9.17, 15) is 4.80 Å². The van der Waals surface area contributed by atoms with Gasteiger partial charge in [-0.25, -0.2) is 0 Å². The Morgan fingerprint density at radius 1 is 1.50 bits per heavy atom. The lowest BCUT2D eigenvalue weighted by Crippen LogP contribution is -2.41. The first-order chi connectivity index (χ1) is 3.48. The van der Waals surface area contributed by atoms with Crippen LogP contribution >= 0.6 is 0 Å².